The highest BCUT2D eigenvalue weighted by Crippen LogP contribution is 2.61. The van der Waals surface area contributed by atoms with Crippen molar-refractivity contribution in [2.45, 2.75) is 55.0 Å². The molecule has 0 aromatic rings. The van der Waals surface area contributed by atoms with Gasteiger partial charge in [0.2, 0.25) is 0 Å². The molecule has 0 fully saturated rings. The molecule has 1 nitrogen and oxygen atoms in total. The van der Waals surface area contributed by atoms with Gasteiger partial charge in [-0.15, -0.1) is 0 Å². The van der Waals surface area contributed by atoms with Gasteiger partial charge in [-0.05, 0) is 6.92 Å². The van der Waals surface area contributed by atoms with Gasteiger partial charge in [0.25, 0.3) is 6.17 Å². The Bertz CT molecular complexity index is 520. The molecule has 0 aromatic carbocycles. The van der Waals surface area contributed by atoms with E-state index in [1.54, 1.807) is 0 Å². The second-order valence-corrected chi connectivity index (χ2v) is 4.77. The van der Waals surface area contributed by atoms with E-state index in [1.807, 2.05) is 0 Å². The van der Waals surface area contributed by atoms with Crippen molar-refractivity contribution in [3.63, 3.8) is 0 Å². The first-order valence-electron chi connectivity index (χ1n) is 6.08. The van der Waals surface area contributed by atoms with Gasteiger partial charge in [-0.2, -0.15) is 65.9 Å². The van der Waals surface area contributed by atoms with Gasteiger partial charge in [0.15, 0.2) is 0 Å². The molecule has 1 unspecified atom stereocenters. The summed E-state index contributed by atoms with van der Waals surface area (Å²) >= 11 is 0. The highest BCUT2D eigenvalue weighted by Gasteiger charge is 2.92. The van der Waals surface area contributed by atoms with Crippen LogP contribution in [0.5, 0.6) is 0 Å². The van der Waals surface area contributed by atoms with Crippen LogP contribution in [0.15, 0.2) is 0 Å². The van der Waals surface area contributed by atoms with Gasteiger partial charge in [0.1, 0.15) is 0 Å². The molecule has 17 heteroatoms. The zero-order chi connectivity index (χ0) is 22.5. The first kappa shape index (κ1) is 25.8. The summed E-state index contributed by atoms with van der Waals surface area (Å²) in [5.41, 5.74) is 0. The molecule has 0 saturated heterocycles. The van der Waals surface area contributed by atoms with Crippen molar-refractivity contribution < 1.29 is 75.0 Å². The SMILES string of the molecule is CCOC(F)(F)C(F)(F)C(F)(F)C(F)(F)C(F)(F)C(F)(F)C(F)C(F)(F)F. The number of hydrogen-bond donors (Lipinski definition) is 0. The lowest BCUT2D eigenvalue weighted by molar-refractivity contribution is -0.462. The summed E-state index contributed by atoms with van der Waals surface area (Å²) in [6.45, 7) is -1.18. The maximum absolute atomic E-state index is 13.1. The van der Waals surface area contributed by atoms with Gasteiger partial charge in [0, 0.05) is 0 Å². The van der Waals surface area contributed by atoms with Crippen molar-refractivity contribution in [2.24, 2.45) is 0 Å². The van der Waals surface area contributed by atoms with Crippen LogP contribution in [0, 0.1) is 0 Å². The number of alkyl halides is 16. The Morgan fingerprint density at radius 1 is 0.593 bits per heavy atom. The van der Waals surface area contributed by atoms with Crippen LogP contribution < -0.4 is 0 Å². The molecule has 0 aromatic heterocycles. The van der Waals surface area contributed by atoms with Crippen molar-refractivity contribution in [3.05, 3.63) is 0 Å². The molecule has 0 aliphatic rings. The van der Waals surface area contributed by atoms with Crippen molar-refractivity contribution in [1.29, 1.82) is 0 Å². The van der Waals surface area contributed by atoms with Crippen LogP contribution in [0.1, 0.15) is 6.92 Å². The molecular formula is C10H6F16O. The third-order valence-corrected chi connectivity index (χ3v) is 2.90. The molecular weight excluding hydrogens is 440 g/mol. The van der Waals surface area contributed by atoms with Crippen molar-refractivity contribution >= 4 is 0 Å². The zero-order valence-corrected chi connectivity index (χ0v) is 12.2. The molecule has 0 spiro atoms. The molecule has 27 heavy (non-hydrogen) atoms. The normalized spacial score (nSPS) is 17.2. The fourth-order valence-electron chi connectivity index (χ4n) is 1.42. The smallest absolute Gasteiger partial charge is 0.316 e. The van der Waals surface area contributed by atoms with Crippen molar-refractivity contribution in [3.8, 4) is 0 Å². The van der Waals surface area contributed by atoms with E-state index in [1.165, 1.54) is 0 Å². The third kappa shape index (κ3) is 3.62. The first-order valence-corrected chi connectivity index (χ1v) is 6.08. The number of halogens is 16. The molecule has 0 N–H and O–H groups in total. The largest absolute Gasteiger partial charge is 0.426 e. The fourth-order valence-corrected chi connectivity index (χ4v) is 1.42. The van der Waals surface area contributed by atoms with E-state index in [0.717, 1.165) is 0 Å². The third-order valence-electron chi connectivity index (χ3n) is 2.90. The summed E-state index contributed by atoms with van der Waals surface area (Å²) in [6.07, 6.45) is -19.9. The molecule has 0 rings (SSSR count). The quantitative estimate of drug-likeness (QED) is 0.436. The Labute approximate surface area is 138 Å². The average Bonchev–Trinajstić information content (AvgIpc) is 2.44. The van der Waals surface area contributed by atoms with Crippen LogP contribution in [-0.4, -0.2) is 54.7 Å². The molecule has 0 aliphatic heterocycles. The highest BCUT2D eigenvalue weighted by atomic mass is 19.4. The number of ether oxygens (including phenoxy) is 1. The van der Waals surface area contributed by atoms with Crippen LogP contribution in [0.2, 0.25) is 0 Å². The van der Waals surface area contributed by atoms with Gasteiger partial charge in [0.05, 0.1) is 6.61 Å². The van der Waals surface area contributed by atoms with Crippen LogP contribution in [0.25, 0.3) is 0 Å². The monoisotopic (exact) mass is 446 g/mol. The summed E-state index contributed by atoms with van der Waals surface area (Å²) in [5.74, 6) is -40.0. The highest BCUT2D eigenvalue weighted by molar-refractivity contribution is 5.12. The molecule has 164 valence electrons. The van der Waals surface area contributed by atoms with Crippen LogP contribution in [0.3, 0.4) is 0 Å². The Balaban J connectivity index is 6.44. The maximum Gasteiger partial charge on any atom is 0.426 e. The molecule has 1 atom stereocenters. The van der Waals surface area contributed by atoms with E-state index in [2.05, 4.69) is 4.74 Å². The summed E-state index contributed by atoms with van der Waals surface area (Å²) in [7, 11) is 0. The maximum atomic E-state index is 13.1. The topological polar surface area (TPSA) is 9.23 Å². The summed E-state index contributed by atoms with van der Waals surface area (Å²) in [6, 6.07) is 0. The Kier molecular flexibility index (Phi) is 6.43. The van der Waals surface area contributed by atoms with E-state index in [0.29, 0.717) is 6.92 Å². The van der Waals surface area contributed by atoms with Gasteiger partial charge in [-0.1, -0.05) is 0 Å². The van der Waals surface area contributed by atoms with E-state index in [9.17, 15) is 70.2 Å². The van der Waals surface area contributed by atoms with Crippen molar-refractivity contribution in [1.82, 2.24) is 0 Å². The van der Waals surface area contributed by atoms with Crippen LogP contribution >= 0.6 is 0 Å². The van der Waals surface area contributed by atoms with Gasteiger partial charge >= 0.3 is 41.9 Å². The number of hydrogen-bond acceptors (Lipinski definition) is 1. The molecule has 0 bridgehead atoms. The second-order valence-electron chi connectivity index (χ2n) is 4.77. The van der Waals surface area contributed by atoms with E-state index < -0.39 is 54.7 Å². The van der Waals surface area contributed by atoms with Gasteiger partial charge in [-0.25, -0.2) is 4.39 Å². The number of rotatable bonds is 8. The Morgan fingerprint density at radius 2 is 0.926 bits per heavy atom. The lowest BCUT2D eigenvalue weighted by atomic mass is 9.91. The van der Waals surface area contributed by atoms with Crippen molar-refractivity contribution in [2.75, 3.05) is 6.61 Å². The van der Waals surface area contributed by atoms with Crippen LogP contribution in [0.4, 0.5) is 70.2 Å². The standard InChI is InChI=1S/C10H6F16O/c1-2-27-10(25,26)9(23,24)8(21,22)7(19,20)6(17,18)4(12,13)3(11)5(14,15)16/h3H,2H2,1H3. The predicted molar refractivity (Wildman–Crippen MR) is 52.3 cm³/mol. The minimum absolute atomic E-state index is 0.417. The van der Waals surface area contributed by atoms with Crippen LogP contribution in [-0.2, 0) is 4.74 Å². The molecule has 0 aliphatic carbocycles. The minimum atomic E-state index is -8.30. The first-order chi connectivity index (χ1) is 11.5. The molecule has 0 amide bonds. The average molecular weight is 446 g/mol. The van der Waals surface area contributed by atoms with E-state index >= 15 is 0 Å². The molecule has 0 saturated carbocycles. The molecule has 0 radical (unpaired) electrons. The van der Waals surface area contributed by atoms with E-state index in [4.69, 9.17) is 0 Å². The summed E-state index contributed by atoms with van der Waals surface area (Å²) in [4.78, 5) is 0. The second kappa shape index (κ2) is 6.72. The lowest BCUT2D eigenvalue weighted by Crippen LogP contribution is -2.72. The predicted octanol–water partition coefficient (Wildman–Crippen LogP) is 5.69. The fraction of sp³-hybridized carbons (Fsp3) is 1.00. The van der Waals surface area contributed by atoms with Gasteiger partial charge in [-0.3, -0.25) is 0 Å². The Hall–Kier alpha value is -1.16. The molecule has 0 heterocycles. The lowest BCUT2D eigenvalue weighted by Gasteiger charge is -2.41. The zero-order valence-electron chi connectivity index (χ0n) is 12.2. The summed E-state index contributed by atoms with van der Waals surface area (Å²) < 4.78 is 206. The minimum Gasteiger partial charge on any atom is -0.316 e. The summed E-state index contributed by atoms with van der Waals surface area (Å²) in [5, 5.41) is 0. The van der Waals surface area contributed by atoms with E-state index in [-0.39, 0.29) is 0 Å². The van der Waals surface area contributed by atoms with Gasteiger partial charge < -0.3 is 4.74 Å². The Morgan fingerprint density at radius 3 is 1.22 bits per heavy atom.